The fourth-order valence-corrected chi connectivity index (χ4v) is 2.17. The molecule has 0 saturated heterocycles. The summed E-state index contributed by atoms with van der Waals surface area (Å²) in [6.45, 7) is 2.05. The van der Waals surface area contributed by atoms with E-state index in [9.17, 15) is 0 Å². The molecular weight excluding hydrogens is 234 g/mol. The number of rotatable bonds is 5. The van der Waals surface area contributed by atoms with Gasteiger partial charge in [-0.25, -0.2) is 0 Å². The second-order valence-corrected chi connectivity index (χ2v) is 5.09. The molecule has 0 aromatic heterocycles. The SMILES string of the molecule is COc1ccc([CH]C(C)(N)Cc2ccccc2)cc1. The quantitative estimate of drug-likeness (QED) is 0.889. The molecule has 2 N–H and O–H groups in total. The van der Waals surface area contributed by atoms with Gasteiger partial charge in [-0.05, 0) is 36.6 Å². The van der Waals surface area contributed by atoms with Crippen molar-refractivity contribution in [3.8, 4) is 5.75 Å². The van der Waals surface area contributed by atoms with Crippen molar-refractivity contribution in [2.24, 2.45) is 5.73 Å². The van der Waals surface area contributed by atoms with Crippen LogP contribution in [0.25, 0.3) is 0 Å². The molecule has 0 heterocycles. The van der Waals surface area contributed by atoms with Crippen molar-refractivity contribution in [3.05, 3.63) is 72.1 Å². The third-order valence-corrected chi connectivity index (χ3v) is 3.04. The molecular formula is C17H20NO. The molecule has 2 aromatic carbocycles. The molecule has 2 aromatic rings. The Kier molecular flexibility index (Phi) is 4.23. The van der Waals surface area contributed by atoms with Crippen molar-refractivity contribution in [1.29, 1.82) is 0 Å². The maximum Gasteiger partial charge on any atom is 0.118 e. The summed E-state index contributed by atoms with van der Waals surface area (Å²) in [5.41, 5.74) is 8.36. The first-order valence-corrected chi connectivity index (χ1v) is 6.42. The minimum Gasteiger partial charge on any atom is -0.497 e. The Bertz CT molecular complexity index is 503. The Morgan fingerprint density at radius 3 is 2.26 bits per heavy atom. The molecule has 2 heteroatoms. The van der Waals surface area contributed by atoms with Crippen LogP contribution >= 0.6 is 0 Å². The molecule has 1 atom stereocenters. The zero-order valence-corrected chi connectivity index (χ0v) is 11.5. The lowest BCUT2D eigenvalue weighted by molar-refractivity contribution is 0.414. The summed E-state index contributed by atoms with van der Waals surface area (Å²) in [7, 11) is 1.67. The largest absolute Gasteiger partial charge is 0.497 e. The molecule has 2 nitrogen and oxygen atoms in total. The number of ether oxygens (including phenoxy) is 1. The molecule has 99 valence electrons. The highest BCUT2D eigenvalue weighted by Crippen LogP contribution is 2.20. The highest BCUT2D eigenvalue weighted by Gasteiger charge is 2.20. The Morgan fingerprint density at radius 1 is 1.05 bits per heavy atom. The van der Waals surface area contributed by atoms with Gasteiger partial charge in [0.1, 0.15) is 5.75 Å². The van der Waals surface area contributed by atoms with Crippen molar-refractivity contribution in [2.45, 2.75) is 18.9 Å². The summed E-state index contributed by atoms with van der Waals surface area (Å²) in [5, 5.41) is 0. The van der Waals surface area contributed by atoms with E-state index in [-0.39, 0.29) is 5.54 Å². The van der Waals surface area contributed by atoms with Crippen molar-refractivity contribution in [1.82, 2.24) is 0 Å². The standard InChI is InChI=1S/C17H20NO/c1-17(18,12-14-6-4-3-5-7-14)13-15-8-10-16(19-2)11-9-15/h3-11,13H,12,18H2,1-2H3. The van der Waals surface area contributed by atoms with Crippen LogP contribution in [0.3, 0.4) is 0 Å². The molecule has 0 aliphatic rings. The Morgan fingerprint density at radius 2 is 1.68 bits per heavy atom. The van der Waals surface area contributed by atoms with E-state index in [1.54, 1.807) is 7.11 Å². The van der Waals surface area contributed by atoms with Crippen LogP contribution in [0.1, 0.15) is 18.1 Å². The predicted molar refractivity (Wildman–Crippen MR) is 79.1 cm³/mol. The summed E-state index contributed by atoms with van der Waals surface area (Å²) >= 11 is 0. The topological polar surface area (TPSA) is 35.2 Å². The van der Waals surface area contributed by atoms with E-state index in [1.807, 2.05) is 49.4 Å². The van der Waals surface area contributed by atoms with Gasteiger partial charge in [-0.3, -0.25) is 0 Å². The second kappa shape index (κ2) is 5.89. The molecule has 1 radical (unpaired) electrons. The highest BCUT2D eigenvalue weighted by molar-refractivity contribution is 5.34. The van der Waals surface area contributed by atoms with E-state index in [0.717, 1.165) is 17.7 Å². The number of benzene rings is 2. The fraction of sp³-hybridized carbons (Fsp3) is 0.235. The zero-order valence-electron chi connectivity index (χ0n) is 11.5. The number of methoxy groups -OCH3 is 1. The molecule has 0 amide bonds. The maximum atomic E-state index is 6.36. The molecule has 19 heavy (non-hydrogen) atoms. The summed E-state index contributed by atoms with van der Waals surface area (Å²) in [5.74, 6) is 0.860. The first-order valence-electron chi connectivity index (χ1n) is 6.42. The van der Waals surface area contributed by atoms with Crippen LogP contribution < -0.4 is 10.5 Å². The van der Waals surface area contributed by atoms with Crippen LogP contribution in [0.5, 0.6) is 5.75 Å². The van der Waals surface area contributed by atoms with Crippen LogP contribution in [-0.2, 0) is 6.42 Å². The molecule has 0 saturated carbocycles. The Hall–Kier alpha value is -1.80. The first kappa shape index (κ1) is 13.6. The molecule has 0 bridgehead atoms. The van der Waals surface area contributed by atoms with Crippen molar-refractivity contribution < 1.29 is 4.74 Å². The van der Waals surface area contributed by atoms with Gasteiger partial charge in [0.25, 0.3) is 0 Å². The van der Waals surface area contributed by atoms with Crippen LogP contribution in [0, 0.1) is 6.42 Å². The van der Waals surface area contributed by atoms with E-state index >= 15 is 0 Å². The first-order chi connectivity index (χ1) is 9.09. The maximum absolute atomic E-state index is 6.36. The van der Waals surface area contributed by atoms with Gasteiger partial charge in [0, 0.05) is 12.0 Å². The summed E-state index contributed by atoms with van der Waals surface area (Å²) in [4.78, 5) is 0. The molecule has 0 aliphatic heterocycles. The fourth-order valence-electron chi connectivity index (χ4n) is 2.17. The average Bonchev–Trinajstić information content (AvgIpc) is 2.39. The summed E-state index contributed by atoms with van der Waals surface area (Å²) < 4.78 is 5.15. The van der Waals surface area contributed by atoms with Gasteiger partial charge in [-0.2, -0.15) is 0 Å². The summed E-state index contributed by atoms with van der Waals surface area (Å²) in [6, 6.07) is 18.3. The molecule has 0 spiro atoms. The van der Waals surface area contributed by atoms with Crippen LogP contribution in [0.4, 0.5) is 0 Å². The molecule has 0 fully saturated rings. The van der Waals surface area contributed by atoms with Crippen LogP contribution in [0.15, 0.2) is 54.6 Å². The van der Waals surface area contributed by atoms with Gasteiger partial charge >= 0.3 is 0 Å². The number of hydrogen-bond acceptors (Lipinski definition) is 2. The van der Waals surface area contributed by atoms with Gasteiger partial charge in [-0.15, -0.1) is 0 Å². The van der Waals surface area contributed by atoms with Gasteiger partial charge in [0.2, 0.25) is 0 Å². The van der Waals surface area contributed by atoms with Crippen molar-refractivity contribution >= 4 is 0 Å². The Labute approximate surface area is 115 Å². The third-order valence-electron chi connectivity index (χ3n) is 3.04. The van der Waals surface area contributed by atoms with Gasteiger partial charge in [-0.1, -0.05) is 42.5 Å². The minimum absolute atomic E-state index is 0.365. The van der Waals surface area contributed by atoms with E-state index in [4.69, 9.17) is 10.5 Å². The van der Waals surface area contributed by atoms with E-state index < -0.39 is 0 Å². The highest BCUT2D eigenvalue weighted by atomic mass is 16.5. The number of hydrogen-bond donors (Lipinski definition) is 1. The van der Waals surface area contributed by atoms with Crippen molar-refractivity contribution in [2.75, 3.05) is 7.11 Å². The van der Waals surface area contributed by atoms with E-state index in [1.165, 1.54) is 5.56 Å². The van der Waals surface area contributed by atoms with Gasteiger partial charge in [0.15, 0.2) is 0 Å². The van der Waals surface area contributed by atoms with E-state index in [0.29, 0.717) is 0 Å². The van der Waals surface area contributed by atoms with Crippen molar-refractivity contribution in [3.63, 3.8) is 0 Å². The second-order valence-electron chi connectivity index (χ2n) is 5.09. The predicted octanol–water partition coefficient (Wildman–Crippen LogP) is 3.21. The lowest BCUT2D eigenvalue weighted by Gasteiger charge is -2.24. The van der Waals surface area contributed by atoms with E-state index in [2.05, 4.69) is 18.6 Å². The Balaban J connectivity index is 2.03. The normalized spacial score (nSPS) is 13.8. The molecule has 2 rings (SSSR count). The average molecular weight is 254 g/mol. The number of nitrogens with two attached hydrogens (primary N) is 1. The third kappa shape index (κ3) is 4.11. The van der Waals surface area contributed by atoms with Crippen LogP contribution in [0.2, 0.25) is 0 Å². The zero-order chi connectivity index (χ0) is 13.7. The lowest BCUT2D eigenvalue weighted by atomic mass is 9.87. The monoisotopic (exact) mass is 254 g/mol. The van der Waals surface area contributed by atoms with Crippen LogP contribution in [-0.4, -0.2) is 12.6 Å². The lowest BCUT2D eigenvalue weighted by Crippen LogP contribution is -2.39. The van der Waals surface area contributed by atoms with Gasteiger partial charge in [0.05, 0.1) is 7.11 Å². The van der Waals surface area contributed by atoms with Gasteiger partial charge < -0.3 is 10.5 Å². The summed E-state index contributed by atoms with van der Waals surface area (Å²) in [6.07, 6.45) is 2.92. The molecule has 1 unspecified atom stereocenters. The molecule has 0 aliphatic carbocycles. The smallest absolute Gasteiger partial charge is 0.118 e. The minimum atomic E-state index is -0.365.